The van der Waals surface area contributed by atoms with Gasteiger partial charge in [-0.1, -0.05) is 60.2 Å². The largest absolute Gasteiger partial charge is 0.462 e. The molecule has 2 N–H and O–H groups in total. The molecule has 0 heterocycles. The molecule has 1 atom stereocenters. The highest BCUT2D eigenvalue weighted by Crippen LogP contribution is 2.23. The van der Waals surface area contributed by atoms with Crippen molar-refractivity contribution in [2.45, 2.75) is 26.8 Å². The van der Waals surface area contributed by atoms with Gasteiger partial charge in [-0.15, -0.1) is 0 Å². The Morgan fingerprint density at radius 2 is 1.63 bits per heavy atom. The highest BCUT2D eigenvalue weighted by molar-refractivity contribution is 7.80. The van der Waals surface area contributed by atoms with Crippen LogP contribution in [0.15, 0.2) is 72.8 Å². The van der Waals surface area contributed by atoms with Crippen LogP contribution in [0.5, 0.6) is 0 Å². The number of rotatable bonds is 6. The summed E-state index contributed by atoms with van der Waals surface area (Å²) in [6.45, 7) is 6.15. The highest BCUT2D eigenvalue weighted by Gasteiger charge is 2.16. The van der Waals surface area contributed by atoms with Crippen molar-refractivity contribution in [3.8, 4) is 0 Å². The van der Waals surface area contributed by atoms with Gasteiger partial charge in [0.2, 0.25) is 0 Å². The van der Waals surface area contributed by atoms with Gasteiger partial charge in [-0.2, -0.15) is 0 Å². The van der Waals surface area contributed by atoms with E-state index in [0.717, 1.165) is 22.4 Å². The van der Waals surface area contributed by atoms with Gasteiger partial charge in [-0.3, -0.25) is 0 Å². The first-order valence-corrected chi connectivity index (χ1v) is 10.4. The zero-order valence-electron chi connectivity index (χ0n) is 17.4. The molecule has 0 amide bonds. The van der Waals surface area contributed by atoms with E-state index < -0.39 is 0 Å². The minimum Gasteiger partial charge on any atom is -0.462 e. The number of anilines is 1. The maximum Gasteiger partial charge on any atom is 0.338 e. The Labute approximate surface area is 183 Å². The molecule has 0 fully saturated rings. The Bertz CT molecular complexity index is 1020. The van der Waals surface area contributed by atoms with E-state index in [1.807, 2.05) is 31.2 Å². The average Bonchev–Trinajstić information content (AvgIpc) is 2.75. The summed E-state index contributed by atoms with van der Waals surface area (Å²) in [5.41, 5.74) is 5.75. The normalized spacial score (nSPS) is 11.4. The Morgan fingerprint density at radius 3 is 2.27 bits per heavy atom. The molecule has 0 aliphatic carbocycles. The van der Waals surface area contributed by atoms with Crippen molar-refractivity contribution in [3.63, 3.8) is 0 Å². The number of esters is 1. The van der Waals surface area contributed by atoms with Crippen molar-refractivity contribution in [2.75, 3.05) is 11.9 Å². The molecular weight excluding hydrogens is 392 g/mol. The molecule has 0 aliphatic heterocycles. The van der Waals surface area contributed by atoms with Gasteiger partial charge in [-0.25, -0.2) is 4.79 Å². The molecule has 0 radical (unpaired) electrons. The summed E-state index contributed by atoms with van der Waals surface area (Å²) in [6.07, 6.45) is 0. The summed E-state index contributed by atoms with van der Waals surface area (Å²) in [5.74, 6) is -0.323. The van der Waals surface area contributed by atoms with Crippen molar-refractivity contribution in [2.24, 2.45) is 0 Å². The Morgan fingerprint density at radius 1 is 0.967 bits per heavy atom. The van der Waals surface area contributed by atoms with E-state index in [0.29, 0.717) is 17.3 Å². The summed E-state index contributed by atoms with van der Waals surface area (Å²) in [7, 11) is 0. The van der Waals surface area contributed by atoms with Gasteiger partial charge in [0.15, 0.2) is 5.11 Å². The van der Waals surface area contributed by atoms with Crippen LogP contribution in [0.1, 0.15) is 45.6 Å². The fraction of sp³-hybridized carbons (Fsp3) is 0.200. The molecule has 154 valence electrons. The van der Waals surface area contributed by atoms with E-state index in [9.17, 15) is 4.79 Å². The van der Waals surface area contributed by atoms with Crippen LogP contribution in [0.25, 0.3) is 0 Å². The average molecular weight is 419 g/mol. The third kappa shape index (κ3) is 5.45. The number of nitrogens with one attached hydrogen (secondary N) is 2. The van der Waals surface area contributed by atoms with Crippen LogP contribution in [-0.2, 0) is 4.74 Å². The van der Waals surface area contributed by atoms with Crippen LogP contribution in [0, 0.1) is 13.8 Å². The second-order valence-electron chi connectivity index (χ2n) is 7.10. The second kappa shape index (κ2) is 10.0. The summed E-state index contributed by atoms with van der Waals surface area (Å²) >= 11 is 5.61. The molecule has 0 aliphatic rings. The molecule has 0 aromatic heterocycles. The molecule has 3 aromatic carbocycles. The van der Waals surface area contributed by atoms with Crippen molar-refractivity contribution in [1.82, 2.24) is 5.32 Å². The van der Waals surface area contributed by atoms with Gasteiger partial charge in [0, 0.05) is 5.69 Å². The first-order chi connectivity index (χ1) is 14.5. The van der Waals surface area contributed by atoms with E-state index in [1.54, 1.807) is 19.1 Å². The fourth-order valence-electron chi connectivity index (χ4n) is 3.20. The van der Waals surface area contributed by atoms with E-state index in [-0.39, 0.29) is 12.0 Å². The lowest BCUT2D eigenvalue weighted by atomic mass is 9.98. The first-order valence-electron chi connectivity index (χ1n) is 9.94. The van der Waals surface area contributed by atoms with Gasteiger partial charge in [0.1, 0.15) is 0 Å². The van der Waals surface area contributed by atoms with Gasteiger partial charge in [0.05, 0.1) is 18.2 Å². The van der Waals surface area contributed by atoms with Crippen LogP contribution in [-0.4, -0.2) is 17.7 Å². The molecule has 3 rings (SSSR count). The van der Waals surface area contributed by atoms with Crippen LogP contribution in [0.2, 0.25) is 0 Å². The summed E-state index contributed by atoms with van der Waals surface area (Å²) in [4.78, 5) is 11.9. The van der Waals surface area contributed by atoms with Gasteiger partial charge in [0.25, 0.3) is 0 Å². The number of carbonyl (C=O) groups is 1. The topological polar surface area (TPSA) is 50.4 Å². The quantitative estimate of drug-likeness (QED) is 0.406. The first kappa shape index (κ1) is 21.5. The number of thiocarbonyl (C=S) groups is 1. The lowest BCUT2D eigenvalue weighted by Gasteiger charge is -2.23. The predicted molar refractivity (Wildman–Crippen MR) is 126 cm³/mol. The maximum atomic E-state index is 11.9. The second-order valence-corrected chi connectivity index (χ2v) is 7.51. The monoisotopic (exact) mass is 418 g/mol. The van der Waals surface area contributed by atoms with Crippen molar-refractivity contribution in [3.05, 3.63) is 101 Å². The molecule has 30 heavy (non-hydrogen) atoms. The number of hydrogen-bond donors (Lipinski definition) is 2. The third-order valence-electron chi connectivity index (χ3n) is 4.80. The molecule has 0 saturated heterocycles. The van der Waals surface area contributed by atoms with E-state index in [2.05, 4.69) is 54.0 Å². The zero-order valence-corrected chi connectivity index (χ0v) is 18.3. The van der Waals surface area contributed by atoms with Crippen LogP contribution in [0.4, 0.5) is 5.69 Å². The lowest BCUT2D eigenvalue weighted by Crippen LogP contribution is -2.33. The van der Waals surface area contributed by atoms with Crippen molar-refractivity contribution < 1.29 is 9.53 Å². The molecule has 0 saturated carbocycles. The molecule has 0 unspecified atom stereocenters. The number of ether oxygens (including phenoxy) is 1. The number of benzene rings is 3. The Kier molecular flexibility index (Phi) is 7.20. The summed E-state index contributed by atoms with van der Waals surface area (Å²) < 4.78 is 5.07. The van der Waals surface area contributed by atoms with Crippen LogP contribution >= 0.6 is 12.2 Å². The van der Waals surface area contributed by atoms with Crippen LogP contribution < -0.4 is 10.6 Å². The van der Waals surface area contributed by atoms with Crippen LogP contribution in [0.3, 0.4) is 0 Å². The van der Waals surface area contributed by atoms with E-state index in [1.165, 1.54) is 5.56 Å². The van der Waals surface area contributed by atoms with E-state index >= 15 is 0 Å². The number of carbonyl (C=O) groups excluding carboxylic acids is 1. The molecule has 0 bridgehead atoms. The fourth-order valence-corrected chi connectivity index (χ4v) is 3.43. The standard InChI is InChI=1S/C25H26N2O2S/c1-4-29-24(28)21-14-15-22(18(3)16-21)26-25(30)27-23(19-8-6-5-7-9-19)20-12-10-17(2)11-13-20/h5-16,23H,4H2,1-3H3,(H2,26,27,30)/t23-/m0/s1. The smallest absolute Gasteiger partial charge is 0.338 e. The third-order valence-corrected chi connectivity index (χ3v) is 5.02. The molecule has 4 nitrogen and oxygen atoms in total. The minimum absolute atomic E-state index is 0.0779. The molecular formula is C25H26N2O2S. The summed E-state index contributed by atoms with van der Waals surface area (Å²) in [6, 6.07) is 23.9. The summed E-state index contributed by atoms with van der Waals surface area (Å²) in [5, 5.41) is 7.20. The molecule has 0 spiro atoms. The van der Waals surface area contributed by atoms with E-state index in [4.69, 9.17) is 17.0 Å². The molecule has 5 heteroatoms. The maximum absolute atomic E-state index is 11.9. The molecule has 3 aromatic rings. The van der Waals surface area contributed by atoms with Gasteiger partial charge < -0.3 is 15.4 Å². The van der Waals surface area contributed by atoms with Crippen molar-refractivity contribution >= 4 is 29.0 Å². The highest BCUT2D eigenvalue weighted by atomic mass is 32.1. The van der Waals surface area contributed by atoms with Gasteiger partial charge >= 0.3 is 5.97 Å². The lowest BCUT2D eigenvalue weighted by molar-refractivity contribution is 0.0526. The number of hydrogen-bond acceptors (Lipinski definition) is 3. The minimum atomic E-state index is -0.323. The zero-order chi connectivity index (χ0) is 21.5. The van der Waals surface area contributed by atoms with Crippen molar-refractivity contribution in [1.29, 1.82) is 0 Å². The Hall–Kier alpha value is -3.18. The SMILES string of the molecule is CCOC(=O)c1ccc(NC(=S)N[C@@H](c2ccccc2)c2ccc(C)cc2)c(C)c1. The predicted octanol–water partition coefficient (Wildman–Crippen LogP) is 5.56. The number of aryl methyl sites for hydroxylation is 2. The van der Waals surface area contributed by atoms with Gasteiger partial charge in [-0.05, 0) is 67.9 Å². The Balaban J connectivity index is 1.78.